The zero-order valence-electron chi connectivity index (χ0n) is 16.6. The quantitative estimate of drug-likeness (QED) is 0.730. The molecule has 3 rings (SSSR count). The Labute approximate surface area is 156 Å². The van der Waals surface area contributed by atoms with Crippen LogP contribution in [-0.2, 0) is 5.41 Å². The van der Waals surface area contributed by atoms with E-state index in [2.05, 4.69) is 37.6 Å². The van der Waals surface area contributed by atoms with Crippen molar-refractivity contribution in [1.29, 1.82) is 0 Å². The molecular weight excluding hydrogens is 324 g/mol. The molecule has 1 aliphatic heterocycles. The zero-order valence-corrected chi connectivity index (χ0v) is 16.6. The second-order valence-corrected chi connectivity index (χ2v) is 8.53. The number of hydrogen-bond acceptors (Lipinski definition) is 4. The largest absolute Gasteiger partial charge is 0.443 e. The molecule has 0 N–H and O–H groups in total. The van der Waals surface area contributed by atoms with E-state index in [1.807, 2.05) is 37.4 Å². The summed E-state index contributed by atoms with van der Waals surface area (Å²) in [5.74, 6) is 2.10. The molecule has 0 amide bonds. The number of aryl methyl sites for hydroxylation is 1. The van der Waals surface area contributed by atoms with E-state index in [1.54, 1.807) is 0 Å². The number of piperidine rings is 1. The first-order valence-corrected chi connectivity index (χ1v) is 9.57. The number of carbonyl (C=O) groups excluding carboxylic acids is 1. The molecule has 1 fully saturated rings. The highest BCUT2D eigenvalue weighted by atomic mass is 16.4. The van der Waals surface area contributed by atoms with Gasteiger partial charge in [-0.3, -0.25) is 9.69 Å². The van der Waals surface area contributed by atoms with E-state index in [0.717, 1.165) is 43.1 Å². The molecule has 1 aliphatic rings. The molecule has 0 saturated carbocycles. The molecule has 140 valence electrons. The van der Waals surface area contributed by atoms with Gasteiger partial charge < -0.3 is 4.42 Å². The second kappa shape index (κ2) is 7.36. The van der Waals surface area contributed by atoms with Crippen molar-refractivity contribution < 1.29 is 9.21 Å². The average Bonchev–Trinajstić information content (AvgIpc) is 3.12. The summed E-state index contributed by atoms with van der Waals surface area (Å²) in [6.45, 7) is 12.4. The molecule has 0 radical (unpaired) electrons. The van der Waals surface area contributed by atoms with Gasteiger partial charge in [0.15, 0.2) is 5.78 Å². The number of oxazole rings is 1. The van der Waals surface area contributed by atoms with Crippen LogP contribution in [0.2, 0.25) is 0 Å². The van der Waals surface area contributed by atoms with Crippen LogP contribution < -0.4 is 0 Å². The molecular formula is C22H30N2O2. The molecule has 0 bridgehead atoms. The zero-order chi connectivity index (χ0) is 18.9. The molecule has 26 heavy (non-hydrogen) atoms. The number of rotatable bonds is 4. The Morgan fingerprint density at radius 2 is 1.81 bits per heavy atom. The Kier molecular flexibility index (Phi) is 5.33. The number of likely N-dealkylation sites (tertiary alicyclic amines) is 1. The molecule has 2 aromatic rings. The number of benzene rings is 1. The lowest BCUT2D eigenvalue weighted by Gasteiger charge is -2.34. The van der Waals surface area contributed by atoms with Crippen LogP contribution in [-0.4, -0.2) is 28.8 Å². The van der Waals surface area contributed by atoms with E-state index in [-0.39, 0.29) is 23.2 Å². The summed E-state index contributed by atoms with van der Waals surface area (Å²) in [6, 6.07) is 8.07. The maximum absolute atomic E-state index is 12.7. The van der Waals surface area contributed by atoms with Gasteiger partial charge in [-0.2, -0.15) is 0 Å². The first kappa shape index (κ1) is 18.8. The average molecular weight is 354 g/mol. The van der Waals surface area contributed by atoms with E-state index >= 15 is 0 Å². The minimum absolute atomic E-state index is 0.0293. The van der Waals surface area contributed by atoms with Crippen molar-refractivity contribution in [3.05, 3.63) is 53.2 Å². The van der Waals surface area contributed by atoms with Gasteiger partial charge in [-0.05, 0) is 39.8 Å². The highest BCUT2D eigenvalue weighted by molar-refractivity contribution is 5.97. The normalized spacial score (nSPS) is 18.0. The smallest absolute Gasteiger partial charge is 0.211 e. The molecule has 1 aromatic heterocycles. The fourth-order valence-corrected chi connectivity index (χ4v) is 3.49. The highest BCUT2D eigenvalue weighted by Gasteiger charge is 2.30. The van der Waals surface area contributed by atoms with Gasteiger partial charge in [-0.1, -0.05) is 50.6 Å². The van der Waals surface area contributed by atoms with E-state index in [1.165, 1.54) is 5.56 Å². The van der Waals surface area contributed by atoms with Crippen LogP contribution in [0.3, 0.4) is 0 Å². The van der Waals surface area contributed by atoms with Crippen LogP contribution in [0.4, 0.5) is 0 Å². The minimum Gasteiger partial charge on any atom is -0.443 e. The van der Waals surface area contributed by atoms with Gasteiger partial charge in [0.05, 0.1) is 12.2 Å². The molecule has 4 nitrogen and oxygen atoms in total. The predicted octanol–water partition coefficient (Wildman–Crippen LogP) is 4.94. The molecule has 1 saturated heterocycles. The van der Waals surface area contributed by atoms with Crippen LogP contribution in [0.1, 0.15) is 74.2 Å². The van der Waals surface area contributed by atoms with Gasteiger partial charge in [0.1, 0.15) is 5.76 Å². The lowest BCUT2D eigenvalue weighted by atomic mass is 9.88. The third-order valence-corrected chi connectivity index (χ3v) is 5.40. The predicted molar refractivity (Wildman–Crippen MR) is 103 cm³/mol. The lowest BCUT2D eigenvalue weighted by Crippen LogP contribution is -2.38. The molecule has 4 heteroatoms. The van der Waals surface area contributed by atoms with Crippen LogP contribution in [0.25, 0.3) is 0 Å². The number of Topliss-reactive ketones (excluding diaryl/α,β-unsaturated/α-hetero) is 1. The third kappa shape index (κ3) is 4.07. The Morgan fingerprint density at radius 3 is 2.35 bits per heavy atom. The molecule has 2 heterocycles. The SMILES string of the molecule is Cc1ccc(C(=O)C2CCN([C@H](C)c3ncc(C(C)(C)C)o3)CC2)cc1. The fourth-order valence-electron chi connectivity index (χ4n) is 3.49. The first-order chi connectivity index (χ1) is 12.3. The minimum atomic E-state index is -0.0293. The molecule has 0 unspecified atom stereocenters. The number of ketones is 1. The van der Waals surface area contributed by atoms with Gasteiger partial charge in [-0.15, -0.1) is 0 Å². The van der Waals surface area contributed by atoms with Crippen molar-refractivity contribution >= 4 is 5.78 Å². The van der Waals surface area contributed by atoms with Crippen molar-refractivity contribution in [3.63, 3.8) is 0 Å². The summed E-state index contributed by atoms with van der Waals surface area (Å²) in [4.78, 5) is 19.6. The number of carbonyl (C=O) groups is 1. The van der Waals surface area contributed by atoms with Crippen molar-refractivity contribution in [2.75, 3.05) is 13.1 Å². The summed E-state index contributed by atoms with van der Waals surface area (Å²) in [6.07, 6.45) is 3.63. The van der Waals surface area contributed by atoms with E-state index in [4.69, 9.17) is 4.42 Å². The maximum Gasteiger partial charge on any atom is 0.211 e. The van der Waals surface area contributed by atoms with Crippen molar-refractivity contribution in [1.82, 2.24) is 9.88 Å². The first-order valence-electron chi connectivity index (χ1n) is 9.57. The highest BCUT2D eigenvalue weighted by Crippen LogP contribution is 2.30. The van der Waals surface area contributed by atoms with Gasteiger partial charge in [0, 0.05) is 16.9 Å². The fraction of sp³-hybridized carbons (Fsp3) is 0.545. The molecule has 1 atom stereocenters. The molecule has 0 aliphatic carbocycles. The lowest BCUT2D eigenvalue weighted by molar-refractivity contribution is 0.0779. The molecule has 0 spiro atoms. The Morgan fingerprint density at radius 1 is 1.19 bits per heavy atom. The Bertz CT molecular complexity index is 747. The van der Waals surface area contributed by atoms with Crippen molar-refractivity contribution in [2.24, 2.45) is 5.92 Å². The molecule has 1 aromatic carbocycles. The van der Waals surface area contributed by atoms with Crippen molar-refractivity contribution in [2.45, 2.75) is 58.9 Å². The van der Waals surface area contributed by atoms with Gasteiger partial charge >= 0.3 is 0 Å². The van der Waals surface area contributed by atoms with Gasteiger partial charge in [0.2, 0.25) is 5.89 Å². The number of aromatic nitrogens is 1. The summed E-state index contributed by atoms with van der Waals surface area (Å²) >= 11 is 0. The van der Waals surface area contributed by atoms with Crippen LogP contribution in [0, 0.1) is 12.8 Å². The van der Waals surface area contributed by atoms with E-state index < -0.39 is 0 Å². The Hall–Kier alpha value is -1.94. The third-order valence-electron chi connectivity index (χ3n) is 5.40. The van der Waals surface area contributed by atoms with E-state index in [9.17, 15) is 4.79 Å². The summed E-state index contributed by atoms with van der Waals surface area (Å²) in [5.41, 5.74) is 1.99. The summed E-state index contributed by atoms with van der Waals surface area (Å²) in [7, 11) is 0. The van der Waals surface area contributed by atoms with Crippen molar-refractivity contribution in [3.8, 4) is 0 Å². The maximum atomic E-state index is 12.7. The number of nitrogens with zero attached hydrogens (tertiary/aromatic N) is 2. The van der Waals surface area contributed by atoms with Gasteiger partial charge in [0.25, 0.3) is 0 Å². The summed E-state index contributed by atoms with van der Waals surface area (Å²) in [5, 5.41) is 0. The van der Waals surface area contributed by atoms with Gasteiger partial charge in [-0.25, -0.2) is 4.98 Å². The topological polar surface area (TPSA) is 46.3 Å². The standard InChI is InChI=1S/C22H30N2O2/c1-15-6-8-17(9-7-15)20(25)18-10-12-24(13-11-18)16(2)21-23-14-19(26-21)22(3,4)5/h6-9,14,16,18H,10-13H2,1-5H3/t16-/m1/s1. The van der Waals surface area contributed by atoms with Crippen LogP contribution in [0.15, 0.2) is 34.9 Å². The second-order valence-electron chi connectivity index (χ2n) is 8.53. The summed E-state index contributed by atoms with van der Waals surface area (Å²) < 4.78 is 6.00. The Balaban J connectivity index is 1.60. The monoisotopic (exact) mass is 354 g/mol. The van der Waals surface area contributed by atoms with Crippen LogP contribution in [0.5, 0.6) is 0 Å². The van der Waals surface area contributed by atoms with E-state index in [0.29, 0.717) is 0 Å². The van der Waals surface area contributed by atoms with Crippen LogP contribution >= 0.6 is 0 Å². The number of hydrogen-bond donors (Lipinski definition) is 0.